The minimum atomic E-state index is -5.80. The summed E-state index contributed by atoms with van der Waals surface area (Å²) in [7, 11) is 0. The molecule has 2 atom stereocenters. The summed E-state index contributed by atoms with van der Waals surface area (Å²) in [5, 5.41) is 22.6. The van der Waals surface area contributed by atoms with Crippen LogP contribution in [0.4, 0.5) is 26.3 Å². The molecule has 2 heterocycles. The second kappa shape index (κ2) is 5.26. The van der Waals surface area contributed by atoms with Gasteiger partial charge in [0.15, 0.2) is 0 Å². The fourth-order valence-corrected chi connectivity index (χ4v) is 6.91. The molecule has 0 N–H and O–H groups in total. The number of fused-ring (bicyclic) bond motifs is 4. The van der Waals surface area contributed by atoms with Crippen LogP contribution in [-0.4, -0.2) is 39.2 Å². The number of alkyl halides is 6. The molecule has 0 amide bonds. The topological polar surface area (TPSA) is 80.3 Å². The Bertz CT molecular complexity index is 961. The van der Waals surface area contributed by atoms with E-state index < -0.39 is 71.3 Å². The molecule has 4 nitrogen and oxygen atoms in total. The second-order valence-corrected chi connectivity index (χ2v) is 10.1. The summed E-state index contributed by atoms with van der Waals surface area (Å²) < 4.78 is 83.4. The minimum absolute atomic E-state index is 0.460. The van der Waals surface area contributed by atoms with Crippen LogP contribution in [0.5, 0.6) is 0 Å². The number of carboxylic acid groups (broad SMARTS) is 2. The molecule has 1 fully saturated rings. The molecule has 0 aromatic heterocycles. The van der Waals surface area contributed by atoms with E-state index in [4.69, 9.17) is 0 Å². The Balaban J connectivity index is 2.18. The maximum Gasteiger partial charge on any atom is 0.380 e. The number of carbonyl (C=O) groups is 2. The Morgan fingerprint density at radius 1 is 0.759 bits per heavy atom. The van der Waals surface area contributed by atoms with Gasteiger partial charge in [-0.15, -0.1) is 23.5 Å². The first-order chi connectivity index (χ1) is 13.0. The van der Waals surface area contributed by atoms with Gasteiger partial charge in [0.25, 0.3) is 0 Å². The molecule has 2 aliphatic heterocycles. The van der Waals surface area contributed by atoms with Crippen molar-refractivity contribution in [3.05, 3.63) is 44.3 Å². The number of carboxylic acids is 2. The molecule has 0 aromatic carbocycles. The molecule has 2 aliphatic carbocycles. The number of rotatable bonds is 2. The van der Waals surface area contributed by atoms with E-state index in [1.165, 1.54) is 13.8 Å². The van der Waals surface area contributed by atoms with Crippen LogP contribution in [0.25, 0.3) is 0 Å². The number of allylic oxidation sites excluding steroid dienone is 4. The molecule has 4 rings (SSSR count). The summed E-state index contributed by atoms with van der Waals surface area (Å²) in [4.78, 5) is 21.4. The molecule has 1 saturated carbocycles. The Hall–Kier alpha value is -1.82. The predicted octanol–water partition coefficient (Wildman–Crippen LogP) is 1.79. The van der Waals surface area contributed by atoms with Crippen molar-refractivity contribution in [2.75, 3.05) is 0 Å². The van der Waals surface area contributed by atoms with Crippen LogP contribution < -0.4 is 10.2 Å². The average Bonchev–Trinajstić information content (AvgIpc) is 3.14. The smallest absolute Gasteiger partial charge is 0.380 e. The number of hydrogen-bond acceptors (Lipinski definition) is 6. The molecule has 0 radical (unpaired) electrons. The summed E-state index contributed by atoms with van der Waals surface area (Å²) in [6.07, 6.45) is 1.25. The molecule has 0 bridgehead atoms. The van der Waals surface area contributed by atoms with Crippen molar-refractivity contribution in [1.82, 2.24) is 0 Å². The zero-order valence-electron chi connectivity index (χ0n) is 14.4. The minimum Gasteiger partial charge on any atom is -0.544 e. The van der Waals surface area contributed by atoms with Gasteiger partial charge in [-0.3, -0.25) is 0 Å². The number of carbonyl (C=O) groups excluding carboxylic acids is 2. The monoisotopic (exact) mass is 454 g/mol. The average molecular weight is 454 g/mol. The Labute approximate surface area is 167 Å². The van der Waals surface area contributed by atoms with Crippen molar-refractivity contribution in [3.8, 4) is 0 Å². The van der Waals surface area contributed by atoms with E-state index in [0.717, 1.165) is 0 Å². The number of halogens is 6. The highest BCUT2D eigenvalue weighted by molar-refractivity contribution is 8.10. The summed E-state index contributed by atoms with van der Waals surface area (Å²) in [5.74, 6) is -20.1. The van der Waals surface area contributed by atoms with Gasteiger partial charge in [0.1, 0.15) is 0 Å². The second-order valence-electron chi connectivity index (χ2n) is 7.16. The van der Waals surface area contributed by atoms with E-state index >= 15 is 0 Å². The first-order valence-corrected chi connectivity index (χ1v) is 9.55. The third-order valence-corrected chi connectivity index (χ3v) is 8.94. The van der Waals surface area contributed by atoms with E-state index in [2.05, 4.69) is 0 Å². The molecular weight excluding hydrogens is 446 g/mol. The molecule has 12 heteroatoms. The number of thioether (sulfide) groups is 2. The number of aliphatic carboxylic acids is 2. The van der Waals surface area contributed by atoms with Gasteiger partial charge in [-0.05, 0) is 37.1 Å². The maximum atomic E-state index is 14.6. The first kappa shape index (κ1) is 20.5. The van der Waals surface area contributed by atoms with Gasteiger partial charge >= 0.3 is 17.8 Å². The Morgan fingerprint density at radius 2 is 1.07 bits per heavy atom. The third-order valence-electron chi connectivity index (χ3n) is 5.72. The van der Waals surface area contributed by atoms with Crippen molar-refractivity contribution < 1.29 is 46.1 Å². The zero-order valence-corrected chi connectivity index (χ0v) is 16.0. The molecule has 0 spiro atoms. The van der Waals surface area contributed by atoms with E-state index in [9.17, 15) is 46.1 Å². The fourth-order valence-electron chi connectivity index (χ4n) is 4.11. The standard InChI is InChI=1S/C17H10F6O4S2/c1-13-5(3-7(28-13)11(24)25)9-10(16(20,21)17(22,23)15(9,18)19)6-4-8(12(26)27)29-14(6,13)2/h3-4H,1-2H3,(H,24,25)(H,26,27)/p-2. The quantitative estimate of drug-likeness (QED) is 0.592. The fraction of sp³-hybridized carbons (Fsp3) is 0.412. The van der Waals surface area contributed by atoms with E-state index in [0.29, 0.717) is 35.7 Å². The van der Waals surface area contributed by atoms with Gasteiger partial charge in [0, 0.05) is 21.0 Å². The highest BCUT2D eigenvalue weighted by Gasteiger charge is 2.84. The van der Waals surface area contributed by atoms with Crippen LogP contribution in [0.3, 0.4) is 0 Å². The lowest BCUT2D eigenvalue weighted by molar-refractivity contribution is -0.299. The lowest BCUT2D eigenvalue weighted by atomic mass is 9.71. The molecule has 0 saturated heterocycles. The van der Waals surface area contributed by atoms with Crippen LogP contribution in [0.2, 0.25) is 0 Å². The summed E-state index contributed by atoms with van der Waals surface area (Å²) in [5.41, 5.74) is -4.79. The summed E-state index contributed by atoms with van der Waals surface area (Å²) in [6.45, 7) is 2.43. The molecule has 0 aromatic rings. The lowest BCUT2D eigenvalue weighted by Crippen LogP contribution is -2.49. The van der Waals surface area contributed by atoms with Crippen LogP contribution in [-0.2, 0) is 9.59 Å². The molecule has 29 heavy (non-hydrogen) atoms. The van der Waals surface area contributed by atoms with Crippen LogP contribution in [0.1, 0.15) is 13.8 Å². The lowest BCUT2D eigenvalue weighted by Gasteiger charge is -2.47. The van der Waals surface area contributed by atoms with Crippen molar-refractivity contribution in [2.45, 2.75) is 41.1 Å². The largest absolute Gasteiger partial charge is 0.544 e. The van der Waals surface area contributed by atoms with Crippen molar-refractivity contribution in [2.24, 2.45) is 0 Å². The summed E-state index contributed by atoms with van der Waals surface area (Å²) >= 11 is 0.921. The van der Waals surface area contributed by atoms with Crippen molar-refractivity contribution >= 4 is 35.5 Å². The highest BCUT2D eigenvalue weighted by atomic mass is 32.2. The molecule has 156 valence electrons. The molecule has 2 unspecified atom stereocenters. The summed E-state index contributed by atoms with van der Waals surface area (Å²) in [6, 6.07) is 0. The van der Waals surface area contributed by atoms with Crippen LogP contribution in [0, 0.1) is 0 Å². The van der Waals surface area contributed by atoms with Gasteiger partial charge in [0.05, 0.1) is 21.4 Å². The van der Waals surface area contributed by atoms with E-state index in [1.807, 2.05) is 0 Å². The van der Waals surface area contributed by atoms with Gasteiger partial charge in [-0.2, -0.15) is 26.3 Å². The zero-order chi connectivity index (χ0) is 21.9. The maximum absolute atomic E-state index is 14.6. The van der Waals surface area contributed by atoms with Gasteiger partial charge in [-0.1, -0.05) is 0 Å². The van der Waals surface area contributed by atoms with Gasteiger partial charge in [-0.25, -0.2) is 0 Å². The van der Waals surface area contributed by atoms with Crippen LogP contribution >= 0.6 is 23.5 Å². The van der Waals surface area contributed by atoms with E-state index in [-0.39, 0.29) is 0 Å². The Kier molecular flexibility index (Phi) is 3.71. The van der Waals surface area contributed by atoms with Crippen molar-refractivity contribution in [1.29, 1.82) is 0 Å². The third kappa shape index (κ3) is 2.01. The van der Waals surface area contributed by atoms with E-state index in [1.54, 1.807) is 0 Å². The highest BCUT2D eigenvalue weighted by Crippen LogP contribution is 2.73. The predicted molar refractivity (Wildman–Crippen MR) is 87.1 cm³/mol. The Morgan fingerprint density at radius 3 is 1.34 bits per heavy atom. The van der Waals surface area contributed by atoms with Gasteiger partial charge in [0.2, 0.25) is 0 Å². The normalized spacial score (nSPS) is 35.7. The van der Waals surface area contributed by atoms with Gasteiger partial charge < -0.3 is 19.8 Å². The number of hydrogen-bond donors (Lipinski definition) is 0. The molecular formula is C17H8F6O4S2-2. The SMILES string of the molecule is CC12SC(C(=O)[O-])=CC1=C1C(=C3C=C(C(=O)[O-])SC32C)C(F)(F)C(F)(F)C1(F)F. The molecule has 4 aliphatic rings. The first-order valence-electron chi connectivity index (χ1n) is 7.92. The van der Waals surface area contributed by atoms with Crippen molar-refractivity contribution in [3.63, 3.8) is 0 Å². The van der Waals surface area contributed by atoms with Crippen LogP contribution in [0.15, 0.2) is 44.3 Å².